The number of alkyl halides is 3. The number of carbonyl (C=O) groups is 1. The first-order valence-electron chi connectivity index (χ1n) is 7.93. The first-order chi connectivity index (χ1) is 11.7. The predicted molar refractivity (Wildman–Crippen MR) is 90.7 cm³/mol. The molecule has 25 heavy (non-hydrogen) atoms. The van der Waals surface area contributed by atoms with E-state index in [9.17, 15) is 18.0 Å². The van der Waals surface area contributed by atoms with Crippen molar-refractivity contribution in [2.24, 2.45) is 0 Å². The molecule has 2 aromatic rings. The van der Waals surface area contributed by atoms with Crippen molar-refractivity contribution >= 4 is 11.6 Å². The van der Waals surface area contributed by atoms with Crippen LogP contribution >= 0.6 is 0 Å². The van der Waals surface area contributed by atoms with Crippen LogP contribution in [0.25, 0.3) is 0 Å². The molecule has 2 rings (SSSR count). The summed E-state index contributed by atoms with van der Waals surface area (Å²) in [5.74, 6) is -0.0637. The molecule has 2 aromatic carbocycles. The van der Waals surface area contributed by atoms with E-state index < -0.39 is 23.8 Å². The summed E-state index contributed by atoms with van der Waals surface area (Å²) < 4.78 is 44.9. The highest BCUT2D eigenvalue weighted by Gasteiger charge is 2.34. The van der Waals surface area contributed by atoms with Gasteiger partial charge in [-0.05, 0) is 49.6 Å². The summed E-state index contributed by atoms with van der Waals surface area (Å²) in [5, 5.41) is 2.34. The fourth-order valence-electron chi connectivity index (χ4n) is 2.36. The number of hydrogen-bond donors (Lipinski definition) is 1. The number of ether oxygens (including phenoxy) is 1. The van der Waals surface area contributed by atoms with Crippen LogP contribution < -0.4 is 10.1 Å². The second-order valence-electron chi connectivity index (χ2n) is 5.82. The Balaban J connectivity index is 2.20. The van der Waals surface area contributed by atoms with Gasteiger partial charge in [0, 0.05) is 0 Å². The molecule has 0 unspecified atom stereocenters. The van der Waals surface area contributed by atoms with Crippen LogP contribution in [0.3, 0.4) is 0 Å². The van der Waals surface area contributed by atoms with Crippen molar-refractivity contribution in [1.29, 1.82) is 0 Å². The van der Waals surface area contributed by atoms with Crippen molar-refractivity contribution in [3.63, 3.8) is 0 Å². The van der Waals surface area contributed by atoms with Crippen LogP contribution in [0.2, 0.25) is 0 Å². The van der Waals surface area contributed by atoms with Gasteiger partial charge in [-0.25, -0.2) is 0 Å². The molecule has 1 amide bonds. The number of rotatable bonds is 5. The first-order valence-corrected chi connectivity index (χ1v) is 7.93. The number of para-hydroxylation sites is 1. The fraction of sp³-hybridized carbons (Fsp3) is 0.316. The second-order valence-corrected chi connectivity index (χ2v) is 5.82. The third kappa shape index (κ3) is 4.75. The van der Waals surface area contributed by atoms with Gasteiger partial charge in [-0.3, -0.25) is 4.79 Å². The van der Waals surface area contributed by atoms with Crippen molar-refractivity contribution < 1.29 is 22.7 Å². The van der Waals surface area contributed by atoms with Crippen molar-refractivity contribution in [3.05, 3.63) is 59.2 Å². The highest BCUT2D eigenvalue weighted by atomic mass is 19.4. The zero-order valence-corrected chi connectivity index (χ0v) is 14.3. The molecule has 0 radical (unpaired) electrons. The second kappa shape index (κ2) is 7.59. The number of hydrogen-bond acceptors (Lipinski definition) is 2. The predicted octanol–water partition coefficient (Wildman–Crippen LogP) is 5.12. The van der Waals surface area contributed by atoms with Crippen molar-refractivity contribution in [2.75, 3.05) is 5.32 Å². The van der Waals surface area contributed by atoms with Crippen molar-refractivity contribution in [2.45, 2.75) is 39.5 Å². The maximum Gasteiger partial charge on any atom is 0.418 e. The summed E-state index contributed by atoms with van der Waals surface area (Å²) >= 11 is 0. The first kappa shape index (κ1) is 18.8. The lowest BCUT2D eigenvalue weighted by molar-refractivity contribution is -0.137. The number of nitrogens with one attached hydrogen (secondary N) is 1. The van der Waals surface area contributed by atoms with Crippen LogP contribution in [0.15, 0.2) is 42.5 Å². The normalized spacial score (nSPS) is 12.6. The minimum absolute atomic E-state index is 0.275. The van der Waals surface area contributed by atoms with Crippen molar-refractivity contribution in [3.8, 4) is 5.75 Å². The van der Waals surface area contributed by atoms with E-state index in [1.54, 1.807) is 13.0 Å². The summed E-state index contributed by atoms with van der Waals surface area (Å²) in [7, 11) is 0. The highest BCUT2D eigenvalue weighted by Crippen LogP contribution is 2.34. The average molecular weight is 351 g/mol. The molecule has 0 fully saturated rings. The standard InChI is InChI=1S/C19H20F3NO2/c1-4-16(25-17-11-12(2)9-10-13(17)3)18(24)23-15-8-6-5-7-14(15)19(20,21)22/h5-11,16H,4H2,1-3H3,(H,23,24)/t16-/m1/s1. The third-order valence-electron chi connectivity index (χ3n) is 3.77. The van der Waals surface area contributed by atoms with E-state index in [0.717, 1.165) is 17.2 Å². The Hall–Kier alpha value is -2.50. The van der Waals surface area contributed by atoms with Crippen LogP contribution in [-0.4, -0.2) is 12.0 Å². The minimum atomic E-state index is -4.54. The van der Waals surface area contributed by atoms with Gasteiger partial charge in [-0.2, -0.15) is 13.2 Å². The highest BCUT2D eigenvalue weighted by molar-refractivity contribution is 5.95. The molecule has 0 saturated carbocycles. The quantitative estimate of drug-likeness (QED) is 0.812. The van der Waals surface area contributed by atoms with Gasteiger partial charge in [-0.15, -0.1) is 0 Å². The largest absolute Gasteiger partial charge is 0.480 e. The number of aryl methyl sites for hydroxylation is 2. The minimum Gasteiger partial charge on any atom is -0.480 e. The van der Waals surface area contributed by atoms with E-state index in [1.165, 1.54) is 18.2 Å². The third-order valence-corrected chi connectivity index (χ3v) is 3.77. The molecule has 0 bridgehead atoms. The molecule has 134 valence electrons. The average Bonchev–Trinajstić information content (AvgIpc) is 2.55. The molecule has 3 nitrogen and oxygen atoms in total. The van der Waals surface area contributed by atoms with E-state index in [0.29, 0.717) is 12.2 Å². The summed E-state index contributed by atoms with van der Waals surface area (Å²) in [6.07, 6.45) is -5.10. The lowest BCUT2D eigenvalue weighted by Gasteiger charge is -2.20. The number of carbonyl (C=O) groups excluding carboxylic acids is 1. The van der Waals surface area contributed by atoms with Crippen LogP contribution in [0, 0.1) is 13.8 Å². The van der Waals surface area contributed by atoms with Crippen LogP contribution in [-0.2, 0) is 11.0 Å². The van der Waals surface area contributed by atoms with Crippen LogP contribution in [0.5, 0.6) is 5.75 Å². The summed E-state index contributed by atoms with van der Waals surface area (Å²) in [5.41, 5.74) is 0.666. The topological polar surface area (TPSA) is 38.3 Å². The van der Waals surface area contributed by atoms with E-state index in [4.69, 9.17) is 4.74 Å². The molecular weight excluding hydrogens is 331 g/mol. The molecule has 1 N–H and O–H groups in total. The van der Waals surface area contributed by atoms with Gasteiger partial charge in [0.1, 0.15) is 5.75 Å². The molecule has 0 saturated heterocycles. The number of halogens is 3. The zero-order valence-electron chi connectivity index (χ0n) is 14.3. The van der Waals surface area contributed by atoms with E-state index >= 15 is 0 Å². The summed E-state index contributed by atoms with van der Waals surface area (Å²) in [6, 6.07) is 10.5. The molecule has 0 heterocycles. The van der Waals surface area contributed by atoms with Gasteiger partial charge in [0.25, 0.3) is 5.91 Å². The lowest BCUT2D eigenvalue weighted by Crippen LogP contribution is -2.33. The Morgan fingerprint density at radius 2 is 1.84 bits per heavy atom. The van der Waals surface area contributed by atoms with Crippen LogP contribution in [0.1, 0.15) is 30.0 Å². The SMILES string of the molecule is CC[C@@H](Oc1cc(C)ccc1C)C(=O)Nc1ccccc1C(F)(F)F. The lowest BCUT2D eigenvalue weighted by atomic mass is 10.1. The molecule has 0 aliphatic rings. The Kier molecular flexibility index (Phi) is 5.72. The Morgan fingerprint density at radius 3 is 2.48 bits per heavy atom. The molecular formula is C19H20F3NO2. The van der Waals surface area contributed by atoms with Gasteiger partial charge >= 0.3 is 6.18 Å². The zero-order chi connectivity index (χ0) is 18.6. The van der Waals surface area contributed by atoms with E-state index in [-0.39, 0.29) is 5.69 Å². The fourth-order valence-corrected chi connectivity index (χ4v) is 2.36. The van der Waals surface area contributed by atoms with Crippen LogP contribution in [0.4, 0.5) is 18.9 Å². The number of benzene rings is 2. The van der Waals surface area contributed by atoms with Gasteiger partial charge < -0.3 is 10.1 Å². The maximum atomic E-state index is 13.0. The molecule has 0 aliphatic heterocycles. The molecule has 0 spiro atoms. The van der Waals surface area contributed by atoms with Gasteiger partial charge in [-0.1, -0.05) is 31.2 Å². The summed E-state index contributed by atoms with van der Waals surface area (Å²) in [6.45, 7) is 5.48. The Bertz CT molecular complexity index is 757. The van der Waals surface area contributed by atoms with Crippen molar-refractivity contribution in [1.82, 2.24) is 0 Å². The monoisotopic (exact) mass is 351 g/mol. The van der Waals surface area contributed by atoms with Gasteiger partial charge in [0.2, 0.25) is 0 Å². The summed E-state index contributed by atoms with van der Waals surface area (Å²) in [4.78, 5) is 12.4. The Morgan fingerprint density at radius 1 is 1.16 bits per heavy atom. The smallest absolute Gasteiger partial charge is 0.418 e. The number of anilines is 1. The molecule has 0 aromatic heterocycles. The molecule has 0 aliphatic carbocycles. The number of amides is 1. The van der Waals surface area contributed by atoms with Gasteiger partial charge in [0.05, 0.1) is 11.3 Å². The Labute approximate surface area is 144 Å². The van der Waals surface area contributed by atoms with E-state index in [2.05, 4.69) is 5.32 Å². The molecule has 6 heteroatoms. The van der Waals surface area contributed by atoms with Gasteiger partial charge in [0.15, 0.2) is 6.10 Å². The molecule has 1 atom stereocenters. The van der Waals surface area contributed by atoms with E-state index in [1.807, 2.05) is 26.0 Å². The maximum absolute atomic E-state index is 13.0.